The van der Waals surface area contributed by atoms with Crippen molar-refractivity contribution in [3.05, 3.63) is 74.3 Å². The van der Waals surface area contributed by atoms with E-state index in [0.717, 1.165) is 12.1 Å². The maximum atomic E-state index is 13.1. The van der Waals surface area contributed by atoms with Crippen molar-refractivity contribution in [3.63, 3.8) is 0 Å². The van der Waals surface area contributed by atoms with E-state index in [2.05, 4.69) is 5.32 Å². The molecule has 0 aliphatic rings. The molecule has 0 amide bonds. The van der Waals surface area contributed by atoms with E-state index in [0.29, 0.717) is 11.1 Å². The van der Waals surface area contributed by atoms with Crippen molar-refractivity contribution in [2.75, 3.05) is 0 Å². The molecule has 0 aromatic heterocycles. The number of nitrogens with zero attached hydrogens (tertiary/aromatic N) is 1. The Hall–Kier alpha value is -2.05. The number of benzene rings is 2. The second-order valence-electron chi connectivity index (χ2n) is 4.35. The second kappa shape index (κ2) is 6.60. The topological polar surface area (TPSA) is 55.2 Å². The van der Waals surface area contributed by atoms with Crippen LogP contribution in [0.4, 0.5) is 14.5 Å². The predicted molar refractivity (Wildman–Crippen MR) is 75.0 cm³/mol. The van der Waals surface area contributed by atoms with Gasteiger partial charge in [-0.15, -0.1) is 0 Å². The van der Waals surface area contributed by atoms with E-state index in [1.807, 2.05) is 0 Å². The maximum absolute atomic E-state index is 13.1. The quantitative estimate of drug-likeness (QED) is 0.674. The molecule has 0 aliphatic heterocycles. The summed E-state index contributed by atoms with van der Waals surface area (Å²) in [6.45, 7) is 0.383. The lowest BCUT2D eigenvalue weighted by molar-refractivity contribution is -0.385. The fourth-order valence-electron chi connectivity index (χ4n) is 1.87. The van der Waals surface area contributed by atoms with Gasteiger partial charge in [0.2, 0.25) is 0 Å². The predicted octanol–water partition coefficient (Wildman–Crippen LogP) is 3.82. The fraction of sp³-hybridized carbons (Fsp3) is 0.143. The van der Waals surface area contributed by atoms with Gasteiger partial charge in [0.25, 0.3) is 5.69 Å². The van der Waals surface area contributed by atoms with Crippen LogP contribution in [-0.2, 0) is 13.1 Å². The average Bonchev–Trinajstić information content (AvgIpc) is 2.44. The van der Waals surface area contributed by atoms with Crippen molar-refractivity contribution < 1.29 is 13.7 Å². The summed E-state index contributed by atoms with van der Waals surface area (Å²) in [6, 6.07) is 7.96. The molecule has 0 unspecified atom stereocenters. The van der Waals surface area contributed by atoms with Crippen LogP contribution in [0, 0.1) is 21.7 Å². The van der Waals surface area contributed by atoms with E-state index in [9.17, 15) is 18.9 Å². The highest BCUT2D eigenvalue weighted by Gasteiger charge is 2.15. The molecule has 0 heterocycles. The first kappa shape index (κ1) is 15.3. The number of nitro groups is 1. The summed E-state index contributed by atoms with van der Waals surface area (Å²) in [5.41, 5.74) is 0.802. The minimum absolute atomic E-state index is 0.0831. The van der Waals surface area contributed by atoms with Crippen LogP contribution in [0.15, 0.2) is 36.4 Å². The summed E-state index contributed by atoms with van der Waals surface area (Å²) < 4.78 is 25.8. The highest BCUT2D eigenvalue weighted by Crippen LogP contribution is 2.26. The molecule has 0 fully saturated rings. The van der Waals surface area contributed by atoms with Crippen LogP contribution in [0.3, 0.4) is 0 Å². The van der Waals surface area contributed by atoms with E-state index in [1.165, 1.54) is 18.2 Å². The standard InChI is InChI=1S/C14H11ClF2N2O2/c15-11-2-1-3-14(19(20)21)10(11)8-18-7-9-4-5-12(16)13(17)6-9/h1-6,18H,7-8H2. The third-order valence-corrected chi connectivity index (χ3v) is 3.26. The van der Waals surface area contributed by atoms with Gasteiger partial charge >= 0.3 is 0 Å². The maximum Gasteiger partial charge on any atom is 0.275 e. The minimum Gasteiger partial charge on any atom is -0.308 e. The fourth-order valence-corrected chi connectivity index (χ4v) is 2.11. The molecule has 21 heavy (non-hydrogen) atoms. The third kappa shape index (κ3) is 3.74. The molecule has 7 heteroatoms. The van der Waals surface area contributed by atoms with Gasteiger partial charge in [0.05, 0.1) is 15.5 Å². The van der Waals surface area contributed by atoms with Gasteiger partial charge in [-0.25, -0.2) is 8.78 Å². The van der Waals surface area contributed by atoms with Crippen molar-refractivity contribution in [1.82, 2.24) is 5.32 Å². The first-order valence-electron chi connectivity index (χ1n) is 6.05. The Morgan fingerprint density at radius 3 is 2.57 bits per heavy atom. The summed E-state index contributed by atoms with van der Waals surface area (Å²) in [6.07, 6.45) is 0. The molecule has 2 aromatic carbocycles. The minimum atomic E-state index is -0.932. The second-order valence-corrected chi connectivity index (χ2v) is 4.75. The first-order chi connectivity index (χ1) is 9.99. The number of nitrogens with one attached hydrogen (secondary N) is 1. The van der Waals surface area contributed by atoms with Crippen molar-refractivity contribution in [2.24, 2.45) is 0 Å². The van der Waals surface area contributed by atoms with E-state index in [-0.39, 0.29) is 23.8 Å². The number of hydrogen-bond donors (Lipinski definition) is 1. The summed E-state index contributed by atoms with van der Waals surface area (Å²) >= 11 is 5.95. The highest BCUT2D eigenvalue weighted by molar-refractivity contribution is 6.31. The Morgan fingerprint density at radius 1 is 1.14 bits per heavy atom. The third-order valence-electron chi connectivity index (χ3n) is 2.91. The first-order valence-corrected chi connectivity index (χ1v) is 6.43. The zero-order valence-electron chi connectivity index (χ0n) is 10.8. The van der Waals surface area contributed by atoms with Crippen LogP contribution < -0.4 is 5.32 Å². The van der Waals surface area contributed by atoms with Gasteiger partial charge in [0, 0.05) is 19.2 Å². The lowest BCUT2D eigenvalue weighted by atomic mass is 10.1. The smallest absolute Gasteiger partial charge is 0.275 e. The average molecular weight is 313 g/mol. The lowest BCUT2D eigenvalue weighted by Gasteiger charge is -2.08. The van der Waals surface area contributed by atoms with Gasteiger partial charge < -0.3 is 5.32 Å². The van der Waals surface area contributed by atoms with Crippen molar-refractivity contribution in [1.29, 1.82) is 0 Å². The Morgan fingerprint density at radius 2 is 1.90 bits per heavy atom. The van der Waals surface area contributed by atoms with Crippen molar-refractivity contribution in [2.45, 2.75) is 13.1 Å². The van der Waals surface area contributed by atoms with Crippen LogP contribution in [0.2, 0.25) is 5.02 Å². The van der Waals surface area contributed by atoms with Gasteiger partial charge in [-0.2, -0.15) is 0 Å². The molecule has 0 bridgehead atoms. The Kier molecular flexibility index (Phi) is 4.82. The van der Waals surface area contributed by atoms with Crippen LogP contribution in [-0.4, -0.2) is 4.92 Å². The molecule has 0 radical (unpaired) electrons. The summed E-state index contributed by atoms with van der Waals surface area (Å²) in [7, 11) is 0. The summed E-state index contributed by atoms with van der Waals surface area (Å²) in [5, 5.41) is 14.1. The molecule has 2 rings (SSSR count). The molecule has 110 valence electrons. The normalized spacial score (nSPS) is 10.6. The SMILES string of the molecule is O=[N+]([O-])c1cccc(Cl)c1CNCc1ccc(F)c(F)c1. The molecule has 0 saturated carbocycles. The van der Waals surface area contributed by atoms with Gasteiger partial charge in [-0.05, 0) is 23.8 Å². The Balaban J connectivity index is 2.07. The Labute approximate surface area is 124 Å². The highest BCUT2D eigenvalue weighted by atomic mass is 35.5. The van der Waals surface area contributed by atoms with Crippen LogP contribution in [0.5, 0.6) is 0 Å². The van der Waals surface area contributed by atoms with E-state index in [1.54, 1.807) is 6.07 Å². The van der Waals surface area contributed by atoms with Crippen molar-refractivity contribution in [3.8, 4) is 0 Å². The molecule has 0 atom stereocenters. The number of nitro benzene ring substituents is 1. The zero-order chi connectivity index (χ0) is 15.4. The zero-order valence-corrected chi connectivity index (χ0v) is 11.5. The lowest BCUT2D eigenvalue weighted by Crippen LogP contribution is -2.14. The Bertz CT molecular complexity index is 680. The van der Waals surface area contributed by atoms with Crippen LogP contribution >= 0.6 is 11.6 Å². The van der Waals surface area contributed by atoms with E-state index >= 15 is 0 Å². The molecular formula is C14H11ClF2N2O2. The number of rotatable bonds is 5. The van der Waals surface area contributed by atoms with E-state index < -0.39 is 16.6 Å². The summed E-state index contributed by atoms with van der Waals surface area (Å²) in [4.78, 5) is 10.4. The molecule has 0 aliphatic carbocycles. The van der Waals surface area contributed by atoms with Crippen LogP contribution in [0.1, 0.15) is 11.1 Å². The van der Waals surface area contributed by atoms with Crippen LogP contribution in [0.25, 0.3) is 0 Å². The van der Waals surface area contributed by atoms with E-state index in [4.69, 9.17) is 11.6 Å². The van der Waals surface area contributed by atoms with Crippen molar-refractivity contribution >= 4 is 17.3 Å². The monoisotopic (exact) mass is 312 g/mol. The molecule has 4 nitrogen and oxygen atoms in total. The molecule has 2 aromatic rings. The van der Waals surface area contributed by atoms with Gasteiger partial charge in [0.15, 0.2) is 11.6 Å². The molecule has 0 spiro atoms. The number of halogens is 3. The molecule has 0 saturated heterocycles. The molecular weight excluding hydrogens is 302 g/mol. The van der Waals surface area contributed by atoms with Gasteiger partial charge in [-0.1, -0.05) is 23.7 Å². The molecule has 1 N–H and O–H groups in total. The van der Waals surface area contributed by atoms with Gasteiger partial charge in [-0.3, -0.25) is 10.1 Å². The van der Waals surface area contributed by atoms with Gasteiger partial charge in [0.1, 0.15) is 0 Å². The largest absolute Gasteiger partial charge is 0.308 e. The summed E-state index contributed by atoms with van der Waals surface area (Å²) in [5.74, 6) is -1.85. The number of hydrogen-bond acceptors (Lipinski definition) is 3.